The highest BCUT2D eigenvalue weighted by Crippen LogP contribution is 2.50. The van der Waals surface area contributed by atoms with Gasteiger partial charge < -0.3 is 10.2 Å². The highest BCUT2D eigenvalue weighted by Gasteiger charge is 2.81. The summed E-state index contributed by atoms with van der Waals surface area (Å²) >= 11 is 0. The third-order valence-electron chi connectivity index (χ3n) is 1.15. The van der Waals surface area contributed by atoms with Crippen molar-refractivity contribution < 1.29 is 54.7 Å². The molecule has 0 heterocycles. The van der Waals surface area contributed by atoms with Gasteiger partial charge >= 0.3 is 24.1 Å². The maximum absolute atomic E-state index is 11.8. The smallest absolute Gasteiger partial charge is 0.331 e. The topological polar surface area (TPSA) is 40.5 Å². The first-order valence-electron chi connectivity index (χ1n) is 2.71. The molecule has 0 rings (SSSR count). The number of hydrogen-bond acceptors (Lipinski definition) is 2. The zero-order valence-electron chi connectivity index (χ0n) is 6.73. The molecule has 0 radical (unpaired) electrons. The number of alkyl halides is 8. The van der Waals surface area contributed by atoms with Crippen LogP contribution in [0.5, 0.6) is 0 Å². The van der Waals surface area contributed by atoms with Crippen LogP contribution in [0.2, 0.25) is 0 Å². The Bertz CT molecular complexity index is 190. The van der Waals surface area contributed by atoms with Crippen molar-refractivity contribution in [2.24, 2.45) is 0 Å². The molecule has 0 saturated carbocycles. The van der Waals surface area contributed by atoms with Crippen molar-refractivity contribution in [3.05, 3.63) is 0 Å². The highest BCUT2D eigenvalue weighted by molar-refractivity contribution is 4.95. The highest BCUT2D eigenvalue weighted by atomic mass is 19.4. The summed E-state index contributed by atoms with van der Waals surface area (Å²) in [6, 6.07) is 0. The molecule has 0 unspecified atom stereocenters. The molecular formula is C4H4F10O2. The van der Waals surface area contributed by atoms with Crippen LogP contribution in [0.15, 0.2) is 0 Å². The molecular weight excluding hydrogens is 270 g/mol. The fourth-order valence-electron chi connectivity index (χ4n) is 0.378. The maximum Gasteiger partial charge on any atom is 0.423 e. The second-order valence-electron chi connectivity index (χ2n) is 2.23. The summed E-state index contributed by atoms with van der Waals surface area (Å²) in [5.41, 5.74) is 0. The molecule has 0 atom stereocenters. The summed E-state index contributed by atoms with van der Waals surface area (Å²) < 4.78 is 92.9. The van der Waals surface area contributed by atoms with Crippen molar-refractivity contribution in [2.45, 2.75) is 24.1 Å². The number of halogens is 10. The van der Waals surface area contributed by atoms with Crippen molar-refractivity contribution in [2.75, 3.05) is 0 Å². The van der Waals surface area contributed by atoms with Crippen LogP contribution in [0, 0.1) is 0 Å². The molecule has 12 heteroatoms. The second-order valence-corrected chi connectivity index (χ2v) is 2.23. The molecule has 0 amide bonds. The maximum atomic E-state index is 11.8. The fraction of sp³-hybridized carbons (Fsp3) is 1.00. The minimum atomic E-state index is -6.79. The Morgan fingerprint density at radius 1 is 0.500 bits per heavy atom. The SMILES string of the molecule is F.F.OC(F)(F)C(F)(F)C(F)(F)C(O)(F)F. The van der Waals surface area contributed by atoms with Crippen molar-refractivity contribution in [1.29, 1.82) is 0 Å². The standard InChI is InChI=1S/C4H2F8O2.2FH/c5-1(6,3(9,10)13)2(7,8)4(11,12)14;;/h13-14H;2*1H. The van der Waals surface area contributed by atoms with Gasteiger partial charge in [0.1, 0.15) is 0 Å². The van der Waals surface area contributed by atoms with Gasteiger partial charge in [-0.2, -0.15) is 35.1 Å². The van der Waals surface area contributed by atoms with Crippen LogP contribution in [0.25, 0.3) is 0 Å². The average Bonchev–Trinajstić information content (AvgIpc) is 1.81. The fourth-order valence-corrected chi connectivity index (χ4v) is 0.378. The van der Waals surface area contributed by atoms with E-state index in [0.29, 0.717) is 0 Å². The van der Waals surface area contributed by atoms with E-state index in [1.165, 1.54) is 0 Å². The van der Waals surface area contributed by atoms with Crippen molar-refractivity contribution in [3.63, 3.8) is 0 Å². The third-order valence-corrected chi connectivity index (χ3v) is 1.15. The van der Waals surface area contributed by atoms with E-state index < -0.39 is 24.1 Å². The number of hydrogen-bond donors (Lipinski definition) is 2. The lowest BCUT2D eigenvalue weighted by atomic mass is 10.1. The predicted octanol–water partition coefficient (Wildman–Crippen LogP) is 1.73. The van der Waals surface area contributed by atoms with Crippen LogP contribution in [0.3, 0.4) is 0 Å². The summed E-state index contributed by atoms with van der Waals surface area (Å²) in [4.78, 5) is 0. The van der Waals surface area contributed by atoms with Gasteiger partial charge in [0.15, 0.2) is 0 Å². The van der Waals surface area contributed by atoms with Crippen molar-refractivity contribution in [1.82, 2.24) is 0 Å². The van der Waals surface area contributed by atoms with E-state index in [0.717, 1.165) is 0 Å². The lowest BCUT2D eigenvalue weighted by Crippen LogP contribution is -2.62. The monoisotopic (exact) mass is 274 g/mol. The molecule has 0 aromatic carbocycles. The molecule has 16 heavy (non-hydrogen) atoms. The first-order chi connectivity index (χ1) is 5.75. The van der Waals surface area contributed by atoms with Crippen LogP contribution < -0.4 is 0 Å². The second kappa shape index (κ2) is 4.61. The zero-order valence-corrected chi connectivity index (χ0v) is 6.73. The molecule has 2 nitrogen and oxygen atoms in total. The molecule has 0 aromatic rings. The largest absolute Gasteiger partial charge is 0.423 e. The average molecular weight is 274 g/mol. The predicted molar refractivity (Wildman–Crippen MR) is 29.2 cm³/mol. The van der Waals surface area contributed by atoms with E-state index in [9.17, 15) is 35.1 Å². The molecule has 0 aromatic heterocycles. The van der Waals surface area contributed by atoms with E-state index in [4.69, 9.17) is 10.2 Å². The molecule has 0 saturated heterocycles. The van der Waals surface area contributed by atoms with Gasteiger partial charge in [0.2, 0.25) is 0 Å². The first kappa shape index (κ1) is 20.6. The van der Waals surface area contributed by atoms with Gasteiger partial charge in [-0.1, -0.05) is 0 Å². The summed E-state index contributed by atoms with van der Waals surface area (Å²) in [6.07, 6.45) is -12.8. The van der Waals surface area contributed by atoms with Crippen LogP contribution >= 0.6 is 0 Å². The van der Waals surface area contributed by atoms with E-state index >= 15 is 0 Å². The Balaban J connectivity index is -0.000000845. The summed E-state index contributed by atoms with van der Waals surface area (Å²) in [5, 5.41) is 14.5. The van der Waals surface area contributed by atoms with Gasteiger partial charge in [0.05, 0.1) is 0 Å². The minimum Gasteiger partial charge on any atom is -0.331 e. The molecule has 102 valence electrons. The lowest BCUT2D eigenvalue weighted by molar-refractivity contribution is -0.449. The number of rotatable bonds is 3. The minimum absolute atomic E-state index is 0. The Morgan fingerprint density at radius 3 is 0.688 bits per heavy atom. The van der Waals surface area contributed by atoms with E-state index in [2.05, 4.69) is 0 Å². The van der Waals surface area contributed by atoms with Gasteiger partial charge in [-0.25, -0.2) is 0 Å². The molecule has 0 aliphatic carbocycles. The normalized spacial score (nSPS) is 13.9. The Hall–Kier alpha value is -0.780. The van der Waals surface area contributed by atoms with Gasteiger partial charge in [-0.15, -0.1) is 0 Å². The Labute approximate surface area is 80.2 Å². The van der Waals surface area contributed by atoms with Crippen LogP contribution in [-0.2, 0) is 0 Å². The van der Waals surface area contributed by atoms with Gasteiger partial charge in [-0.05, 0) is 0 Å². The quantitative estimate of drug-likeness (QED) is 0.769. The summed E-state index contributed by atoms with van der Waals surface area (Å²) in [7, 11) is 0. The van der Waals surface area contributed by atoms with E-state index in [1.54, 1.807) is 0 Å². The van der Waals surface area contributed by atoms with Crippen molar-refractivity contribution in [3.8, 4) is 0 Å². The number of aliphatic hydroxyl groups is 2. The molecule has 0 bridgehead atoms. The zero-order chi connectivity index (χ0) is 12.0. The van der Waals surface area contributed by atoms with Gasteiger partial charge in [-0.3, -0.25) is 9.41 Å². The summed E-state index contributed by atoms with van der Waals surface area (Å²) in [6.45, 7) is 0. The molecule has 0 aliphatic rings. The van der Waals surface area contributed by atoms with Gasteiger partial charge in [0, 0.05) is 0 Å². The van der Waals surface area contributed by atoms with Crippen LogP contribution in [0.4, 0.5) is 44.5 Å². The Kier molecular flexibility index (Phi) is 5.94. The Morgan fingerprint density at radius 2 is 0.625 bits per heavy atom. The van der Waals surface area contributed by atoms with E-state index in [1.807, 2.05) is 0 Å². The van der Waals surface area contributed by atoms with Gasteiger partial charge in [0.25, 0.3) is 0 Å². The lowest BCUT2D eigenvalue weighted by Gasteiger charge is -2.31. The van der Waals surface area contributed by atoms with Crippen LogP contribution in [-0.4, -0.2) is 34.3 Å². The third kappa shape index (κ3) is 2.87. The molecule has 0 spiro atoms. The molecule has 0 aliphatic heterocycles. The van der Waals surface area contributed by atoms with E-state index in [-0.39, 0.29) is 9.41 Å². The molecule has 0 fully saturated rings. The van der Waals surface area contributed by atoms with Crippen LogP contribution in [0.1, 0.15) is 0 Å². The summed E-state index contributed by atoms with van der Waals surface area (Å²) in [5.74, 6) is -13.6. The van der Waals surface area contributed by atoms with Crippen molar-refractivity contribution >= 4 is 0 Å². The first-order valence-corrected chi connectivity index (χ1v) is 2.71. The molecule has 2 N–H and O–H groups in total.